The molecule has 0 N–H and O–H groups in total. The number of hydrogen-bond acceptors (Lipinski definition) is 1. The van der Waals surface area contributed by atoms with Gasteiger partial charge in [-0.05, 0) is 25.8 Å². The predicted molar refractivity (Wildman–Crippen MR) is 48.4 cm³/mol. The second-order valence-electron chi connectivity index (χ2n) is 2.25. The van der Waals surface area contributed by atoms with Crippen molar-refractivity contribution in [2.75, 3.05) is 0 Å². The summed E-state index contributed by atoms with van der Waals surface area (Å²) in [5, 5.41) is 0. The van der Waals surface area contributed by atoms with Crippen LogP contribution in [0.3, 0.4) is 0 Å². The largest absolute Gasteiger partial charge is 0.295 e. The van der Waals surface area contributed by atoms with Crippen molar-refractivity contribution >= 4 is 5.78 Å². The van der Waals surface area contributed by atoms with Gasteiger partial charge in [-0.3, -0.25) is 4.79 Å². The Morgan fingerprint density at radius 1 is 1.36 bits per heavy atom. The summed E-state index contributed by atoms with van der Waals surface area (Å²) in [6, 6.07) is 0. The highest BCUT2D eigenvalue weighted by Gasteiger charge is 1.79. The van der Waals surface area contributed by atoms with Gasteiger partial charge in [-0.1, -0.05) is 30.9 Å². The van der Waals surface area contributed by atoms with Gasteiger partial charge >= 0.3 is 0 Å². The average Bonchev–Trinajstić information content (AvgIpc) is 1.96. The first-order valence-corrected chi connectivity index (χ1v) is 3.72. The molecule has 1 heteroatoms. The first-order valence-electron chi connectivity index (χ1n) is 3.72. The van der Waals surface area contributed by atoms with E-state index >= 15 is 0 Å². The molecule has 0 aliphatic carbocycles. The molecule has 0 aliphatic heterocycles. The number of hydrogen-bond donors (Lipinski definition) is 0. The van der Waals surface area contributed by atoms with Crippen LogP contribution in [0.25, 0.3) is 0 Å². The summed E-state index contributed by atoms with van der Waals surface area (Å²) in [4.78, 5) is 10.4. The number of carbonyl (C=O) groups excluding carboxylic acids is 1. The standard InChI is InChI=1S/C10H14O/c1-3-4-5-6-7-8-9-10(2)11/h3-5,8-9H,1,6-7H2,2H3/b5-4+,9-8+. The van der Waals surface area contributed by atoms with Gasteiger partial charge in [0, 0.05) is 0 Å². The highest BCUT2D eigenvalue weighted by atomic mass is 16.1. The molecule has 0 bridgehead atoms. The smallest absolute Gasteiger partial charge is 0.152 e. The van der Waals surface area contributed by atoms with Crippen LogP contribution in [-0.4, -0.2) is 5.78 Å². The summed E-state index contributed by atoms with van der Waals surface area (Å²) in [5.74, 6) is 0.109. The number of rotatable bonds is 5. The Morgan fingerprint density at radius 3 is 2.55 bits per heavy atom. The maximum Gasteiger partial charge on any atom is 0.152 e. The third-order valence-electron chi connectivity index (χ3n) is 1.12. The Balaban J connectivity index is 3.34. The maximum absolute atomic E-state index is 10.4. The molecule has 11 heavy (non-hydrogen) atoms. The highest BCUT2D eigenvalue weighted by molar-refractivity contribution is 5.87. The second kappa shape index (κ2) is 7.00. The first kappa shape index (κ1) is 9.89. The van der Waals surface area contributed by atoms with Gasteiger partial charge in [0.15, 0.2) is 5.78 Å². The van der Waals surface area contributed by atoms with Crippen LogP contribution in [0.5, 0.6) is 0 Å². The van der Waals surface area contributed by atoms with Crippen LogP contribution in [0.2, 0.25) is 0 Å². The van der Waals surface area contributed by atoms with Gasteiger partial charge in [0.25, 0.3) is 0 Å². The highest BCUT2D eigenvalue weighted by Crippen LogP contribution is 1.92. The fraction of sp³-hybridized carbons (Fsp3) is 0.300. The van der Waals surface area contributed by atoms with Crippen LogP contribution in [0.15, 0.2) is 37.0 Å². The summed E-state index contributed by atoms with van der Waals surface area (Å²) < 4.78 is 0. The topological polar surface area (TPSA) is 17.1 Å². The first-order chi connectivity index (χ1) is 5.27. The molecule has 60 valence electrons. The molecule has 0 unspecified atom stereocenters. The van der Waals surface area contributed by atoms with Crippen molar-refractivity contribution in [3.05, 3.63) is 37.0 Å². The quantitative estimate of drug-likeness (QED) is 0.334. The van der Waals surface area contributed by atoms with E-state index in [9.17, 15) is 4.79 Å². The van der Waals surface area contributed by atoms with Crippen LogP contribution in [0, 0.1) is 0 Å². The van der Waals surface area contributed by atoms with Crippen LogP contribution < -0.4 is 0 Å². The minimum atomic E-state index is 0.109. The Hall–Kier alpha value is -1.11. The van der Waals surface area contributed by atoms with Gasteiger partial charge < -0.3 is 0 Å². The van der Waals surface area contributed by atoms with Gasteiger partial charge in [0.2, 0.25) is 0 Å². The fourth-order valence-electron chi connectivity index (χ4n) is 0.634. The Morgan fingerprint density at radius 2 is 2.00 bits per heavy atom. The lowest BCUT2D eigenvalue weighted by Gasteiger charge is -1.83. The number of carbonyl (C=O) groups is 1. The van der Waals surface area contributed by atoms with Crippen molar-refractivity contribution < 1.29 is 4.79 Å². The van der Waals surface area contributed by atoms with Crippen LogP contribution in [0.4, 0.5) is 0 Å². The average molecular weight is 150 g/mol. The van der Waals surface area contributed by atoms with Crippen molar-refractivity contribution in [3.63, 3.8) is 0 Å². The zero-order chi connectivity index (χ0) is 8.53. The third kappa shape index (κ3) is 8.89. The van der Waals surface area contributed by atoms with E-state index in [1.807, 2.05) is 18.2 Å². The Bertz CT molecular complexity index is 175. The van der Waals surface area contributed by atoms with Crippen molar-refractivity contribution in [1.29, 1.82) is 0 Å². The van der Waals surface area contributed by atoms with Crippen LogP contribution >= 0.6 is 0 Å². The molecule has 0 aromatic rings. The summed E-state index contributed by atoms with van der Waals surface area (Å²) in [6.45, 7) is 5.10. The molecular weight excluding hydrogens is 136 g/mol. The lowest BCUT2D eigenvalue weighted by Crippen LogP contribution is -1.78. The van der Waals surface area contributed by atoms with Crippen molar-refractivity contribution in [2.24, 2.45) is 0 Å². The molecule has 1 nitrogen and oxygen atoms in total. The van der Waals surface area contributed by atoms with E-state index in [2.05, 4.69) is 6.58 Å². The lowest BCUT2D eigenvalue weighted by molar-refractivity contribution is -0.112. The summed E-state index contributed by atoms with van der Waals surface area (Å²) in [6.07, 6.45) is 11.0. The lowest BCUT2D eigenvalue weighted by atomic mass is 10.2. The van der Waals surface area contributed by atoms with Gasteiger partial charge in [-0.2, -0.15) is 0 Å². The van der Waals surface area contributed by atoms with E-state index in [1.165, 1.54) is 0 Å². The summed E-state index contributed by atoms with van der Waals surface area (Å²) in [5.41, 5.74) is 0. The third-order valence-corrected chi connectivity index (χ3v) is 1.12. The second-order valence-corrected chi connectivity index (χ2v) is 2.25. The molecule has 0 saturated heterocycles. The van der Waals surface area contributed by atoms with Gasteiger partial charge in [-0.15, -0.1) is 0 Å². The predicted octanol–water partition coefficient (Wildman–Crippen LogP) is 2.65. The zero-order valence-corrected chi connectivity index (χ0v) is 6.92. The summed E-state index contributed by atoms with van der Waals surface area (Å²) >= 11 is 0. The van der Waals surface area contributed by atoms with E-state index in [1.54, 1.807) is 19.1 Å². The molecule has 0 atom stereocenters. The molecule has 0 heterocycles. The monoisotopic (exact) mass is 150 g/mol. The normalized spacial score (nSPS) is 11.0. The molecule has 0 fully saturated rings. The van der Waals surface area contributed by atoms with Crippen LogP contribution in [-0.2, 0) is 4.79 Å². The molecule has 0 radical (unpaired) electrons. The number of unbranched alkanes of at least 4 members (excludes halogenated alkanes) is 1. The minimum Gasteiger partial charge on any atom is -0.295 e. The summed E-state index contributed by atoms with van der Waals surface area (Å²) in [7, 11) is 0. The maximum atomic E-state index is 10.4. The fourth-order valence-corrected chi connectivity index (χ4v) is 0.634. The van der Waals surface area contributed by atoms with Crippen LogP contribution in [0.1, 0.15) is 19.8 Å². The molecule has 0 amide bonds. The zero-order valence-electron chi connectivity index (χ0n) is 6.92. The van der Waals surface area contributed by atoms with Crippen molar-refractivity contribution in [2.45, 2.75) is 19.8 Å². The Labute approximate surface area is 68.1 Å². The van der Waals surface area contributed by atoms with E-state index in [4.69, 9.17) is 0 Å². The van der Waals surface area contributed by atoms with Crippen molar-refractivity contribution in [3.8, 4) is 0 Å². The number of allylic oxidation sites excluding steroid dienone is 5. The van der Waals surface area contributed by atoms with Gasteiger partial charge in [0.05, 0.1) is 0 Å². The van der Waals surface area contributed by atoms with Gasteiger partial charge in [-0.25, -0.2) is 0 Å². The van der Waals surface area contributed by atoms with E-state index in [0.29, 0.717) is 0 Å². The molecule has 0 aromatic carbocycles. The van der Waals surface area contributed by atoms with Gasteiger partial charge in [0.1, 0.15) is 0 Å². The molecular formula is C10H14O. The molecule has 0 rings (SSSR count). The van der Waals surface area contributed by atoms with E-state index in [-0.39, 0.29) is 5.78 Å². The SMILES string of the molecule is C=C/C=C/CC/C=C/C(C)=O. The molecule has 0 aromatic heterocycles. The number of ketones is 1. The van der Waals surface area contributed by atoms with E-state index in [0.717, 1.165) is 12.8 Å². The molecule has 0 spiro atoms. The van der Waals surface area contributed by atoms with Crippen molar-refractivity contribution in [1.82, 2.24) is 0 Å². The Kier molecular flexibility index (Phi) is 6.30. The minimum absolute atomic E-state index is 0.109. The molecule has 0 aliphatic rings. The van der Waals surface area contributed by atoms with E-state index < -0.39 is 0 Å². The molecule has 0 saturated carbocycles.